The topological polar surface area (TPSA) is 101 Å². The molecule has 25 heavy (non-hydrogen) atoms. The number of pyridine rings is 1. The summed E-state index contributed by atoms with van der Waals surface area (Å²) < 4.78 is 26.5. The zero-order chi connectivity index (χ0) is 18.6. The molecular weight excluding hydrogens is 407 g/mol. The summed E-state index contributed by atoms with van der Waals surface area (Å²) in [5.41, 5.74) is 1.52. The third kappa shape index (κ3) is 5.53. The maximum atomic E-state index is 12.0. The van der Waals surface area contributed by atoms with Gasteiger partial charge in [-0.3, -0.25) is 9.52 Å². The van der Waals surface area contributed by atoms with E-state index in [1.807, 2.05) is 0 Å². The van der Waals surface area contributed by atoms with Crippen molar-refractivity contribution in [1.29, 1.82) is 0 Å². The Morgan fingerprint density at radius 1 is 1.40 bits per heavy atom. The average molecular weight is 423 g/mol. The lowest BCUT2D eigenvalue weighted by atomic mass is 10.2. The molecule has 2 N–H and O–H groups in total. The van der Waals surface area contributed by atoms with Crippen molar-refractivity contribution in [2.24, 2.45) is 0 Å². The molecule has 0 unspecified atom stereocenters. The number of nitrogens with zero attached hydrogens (tertiary/aromatic N) is 2. The first-order valence-electron chi connectivity index (χ1n) is 7.19. The molecule has 2 heterocycles. The van der Waals surface area contributed by atoms with E-state index >= 15 is 0 Å². The molecule has 2 aromatic rings. The van der Waals surface area contributed by atoms with Gasteiger partial charge in [0.25, 0.3) is 0 Å². The predicted octanol–water partition coefficient (Wildman–Crippen LogP) is 3.50. The highest BCUT2D eigenvalue weighted by atomic mass is 35.5. The number of nitrogens with one attached hydrogen (secondary N) is 2. The molecule has 0 aliphatic rings. The van der Waals surface area contributed by atoms with E-state index in [2.05, 4.69) is 20.0 Å². The molecule has 0 bridgehead atoms. The molecule has 1 amide bonds. The highest BCUT2D eigenvalue weighted by Crippen LogP contribution is 2.35. The van der Waals surface area contributed by atoms with Crippen LogP contribution < -0.4 is 10.0 Å². The van der Waals surface area contributed by atoms with Crippen LogP contribution in [0.1, 0.15) is 19.0 Å². The molecule has 0 aliphatic heterocycles. The Hall–Kier alpha value is -1.42. The molecule has 0 fully saturated rings. The van der Waals surface area contributed by atoms with Crippen molar-refractivity contribution in [3.8, 4) is 10.4 Å². The molecule has 0 saturated carbocycles. The van der Waals surface area contributed by atoms with Crippen molar-refractivity contribution in [1.82, 2.24) is 9.97 Å². The highest BCUT2D eigenvalue weighted by molar-refractivity contribution is 7.92. The van der Waals surface area contributed by atoms with E-state index in [1.165, 1.54) is 24.5 Å². The minimum absolute atomic E-state index is 0.0439. The molecule has 0 aromatic carbocycles. The largest absolute Gasteiger partial charge is 0.302 e. The number of alkyl halides is 1. The molecule has 136 valence electrons. The van der Waals surface area contributed by atoms with Gasteiger partial charge in [-0.15, -0.1) is 11.6 Å². The standard InChI is InChI=1S/C14H16Cl2N4O3S2/c1-8-12(24-14(18-8)19-9(2)21)10-6-11(13(16)17-7-10)20-25(22,23)5-3-4-15/h6-7,20H,3-5H2,1-2H3,(H,18,19,21). The predicted molar refractivity (Wildman–Crippen MR) is 102 cm³/mol. The minimum atomic E-state index is -3.57. The third-order valence-corrected chi connectivity index (χ3v) is 6.04. The molecule has 11 heteroatoms. The Kier molecular flexibility index (Phi) is 6.61. The normalized spacial score (nSPS) is 11.4. The molecule has 0 aliphatic carbocycles. The van der Waals surface area contributed by atoms with E-state index in [-0.39, 0.29) is 28.4 Å². The van der Waals surface area contributed by atoms with Crippen LogP contribution in [0, 0.1) is 6.92 Å². The summed E-state index contributed by atoms with van der Waals surface area (Å²) in [5.74, 6) is -0.0790. The number of thiazole rings is 1. The van der Waals surface area contributed by atoms with Gasteiger partial charge in [0.2, 0.25) is 15.9 Å². The summed E-state index contributed by atoms with van der Waals surface area (Å²) in [6.07, 6.45) is 1.85. The molecule has 2 aromatic heterocycles. The second-order valence-corrected chi connectivity index (χ2v) is 8.72. The fourth-order valence-electron chi connectivity index (χ4n) is 1.98. The Bertz CT molecular complexity index is 884. The number of aromatic nitrogens is 2. The van der Waals surface area contributed by atoms with Crippen molar-refractivity contribution in [3.63, 3.8) is 0 Å². The van der Waals surface area contributed by atoms with Crippen LogP contribution in [-0.4, -0.2) is 35.9 Å². The van der Waals surface area contributed by atoms with Gasteiger partial charge < -0.3 is 5.32 Å². The number of hydrogen-bond acceptors (Lipinski definition) is 6. The van der Waals surface area contributed by atoms with Crippen molar-refractivity contribution in [3.05, 3.63) is 23.1 Å². The molecule has 0 radical (unpaired) electrons. The molecular formula is C14H16Cl2N4O3S2. The zero-order valence-electron chi connectivity index (χ0n) is 13.5. The maximum absolute atomic E-state index is 12.0. The zero-order valence-corrected chi connectivity index (χ0v) is 16.6. The Morgan fingerprint density at radius 2 is 2.12 bits per heavy atom. The molecule has 2 rings (SSSR count). The van der Waals surface area contributed by atoms with Crippen LogP contribution in [0.3, 0.4) is 0 Å². The van der Waals surface area contributed by atoms with E-state index in [0.717, 1.165) is 4.88 Å². The Labute approximate surface area is 159 Å². The SMILES string of the molecule is CC(=O)Nc1nc(C)c(-c2cnc(Cl)c(NS(=O)(=O)CCCCl)c2)s1. The lowest BCUT2D eigenvalue weighted by Crippen LogP contribution is -2.17. The van der Waals surface area contributed by atoms with E-state index in [0.29, 0.717) is 22.8 Å². The number of halogens is 2. The quantitative estimate of drug-likeness (QED) is 0.525. The number of carbonyl (C=O) groups is 1. The second-order valence-electron chi connectivity index (χ2n) is 5.14. The number of amides is 1. The first kappa shape index (κ1) is 19.9. The van der Waals surface area contributed by atoms with Crippen LogP contribution >= 0.6 is 34.5 Å². The van der Waals surface area contributed by atoms with Gasteiger partial charge in [-0.25, -0.2) is 18.4 Å². The van der Waals surface area contributed by atoms with Gasteiger partial charge in [0, 0.05) is 24.6 Å². The van der Waals surface area contributed by atoms with Crippen LogP contribution in [0.5, 0.6) is 0 Å². The van der Waals surface area contributed by atoms with Crippen molar-refractivity contribution < 1.29 is 13.2 Å². The van der Waals surface area contributed by atoms with E-state index in [1.54, 1.807) is 13.0 Å². The lowest BCUT2D eigenvalue weighted by molar-refractivity contribution is -0.114. The van der Waals surface area contributed by atoms with E-state index < -0.39 is 10.0 Å². The van der Waals surface area contributed by atoms with E-state index in [4.69, 9.17) is 23.2 Å². The van der Waals surface area contributed by atoms with Gasteiger partial charge in [-0.1, -0.05) is 22.9 Å². The summed E-state index contributed by atoms with van der Waals surface area (Å²) in [5, 5.41) is 3.12. The van der Waals surface area contributed by atoms with Crippen LogP contribution in [0.25, 0.3) is 10.4 Å². The lowest BCUT2D eigenvalue weighted by Gasteiger charge is -2.10. The number of sulfonamides is 1. The van der Waals surface area contributed by atoms with Gasteiger partial charge in [0.05, 0.1) is 22.0 Å². The number of rotatable bonds is 7. The van der Waals surface area contributed by atoms with Crippen molar-refractivity contribution >= 4 is 61.3 Å². The smallest absolute Gasteiger partial charge is 0.232 e. The van der Waals surface area contributed by atoms with Gasteiger partial charge in [0.1, 0.15) is 0 Å². The Balaban J connectivity index is 2.33. The molecule has 0 spiro atoms. The summed E-state index contributed by atoms with van der Waals surface area (Å²) in [7, 11) is -3.57. The van der Waals surface area contributed by atoms with Crippen LogP contribution in [0.4, 0.5) is 10.8 Å². The van der Waals surface area contributed by atoms with Gasteiger partial charge in [-0.2, -0.15) is 0 Å². The van der Waals surface area contributed by atoms with Gasteiger partial charge in [0.15, 0.2) is 10.3 Å². The average Bonchev–Trinajstić information content (AvgIpc) is 2.87. The molecule has 0 atom stereocenters. The monoisotopic (exact) mass is 422 g/mol. The minimum Gasteiger partial charge on any atom is -0.302 e. The number of aryl methyl sites for hydroxylation is 1. The van der Waals surface area contributed by atoms with Crippen molar-refractivity contribution in [2.75, 3.05) is 21.7 Å². The summed E-state index contributed by atoms with van der Waals surface area (Å²) >= 11 is 12.8. The van der Waals surface area contributed by atoms with Gasteiger partial charge in [-0.05, 0) is 19.4 Å². The summed E-state index contributed by atoms with van der Waals surface area (Å²) in [6.45, 7) is 3.18. The summed E-state index contributed by atoms with van der Waals surface area (Å²) in [4.78, 5) is 20.2. The molecule has 7 nitrogen and oxygen atoms in total. The fraction of sp³-hybridized carbons (Fsp3) is 0.357. The maximum Gasteiger partial charge on any atom is 0.232 e. The highest BCUT2D eigenvalue weighted by Gasteiger charge is 2.16. The number of anilines is 2. The van der Waals surface area contributed by atoms with Crippen LogP contribution in [0.2, 0.25) is 5.15 Å². The third-order valence-electron chi connectivity index (χ3n) is 2.99. The van der Waals surface area contributed by atoms with Crippen LogP contribution in [-0.2, 0) is 14.8 Å². The van der Waals surface area contributed by atoms with E-state index in [9.17, 15) is 13.2 Å². The number of carbonyl (C=O) groups excluding carboxylic acids is 1. The van der Waals surface area contributed by atoms with Crippen LogP contribution in [0.15, 0.2) is 12.3 Å². The summed E-state index contributed by atoms with van der Waals surface area (Å²) in [6, 6.07) is 1.59. The number of hydrogen-bond donors (Lipinski definition) is 2. The molecule has 0 saturated heterocycles. The van der Waals surface area contributed by atoms with Gasteiger partial charge >= 0.3 is 0 Å². The first-order chi connectivity index (χ1) is 11.7. The second kappa shape index (κ2) is 8.31. The Morgan fingerprint density at radius 3 is 2.76 bits per heavy atom. The first-order valence-corrected chi connectivity index (χ1v) is 10.6. The van der Waals surface area contributed by atoms with Crippen molar-refractivity contribution in [2.45, 2.75) is 20.3 Å². The fourth-order valence-corrected chi connectivity index (χ4v) is 4.58.